The van der Waals surface area contributed by atoms with E-state index in [-0.39, 0.29) is 0 Å². The third kappa shape index (κ3) is 2.91. The zero-order valence-electron chi connectivity index (χ0n) is 10.1. The second-order valence-corrected chi connectivity index (χ2v) is 5.31. The van der Waals surface area contributed by atoms with Gasteiger partial charge in [-0.1, -0.05) is 13.8 Å². The van der Waals surface area contributed by atoms with Gasteiger partial charge in [0, 0.05) is 11.7 Å². The standard InChI is InChI=1S/C14H21NO/c1-10-7-11(2)9-13(8-10)15-12-3-5-14(16)6-4-12/h3-6,10-11,13,15-16H,7-9H2,1-2H3. The molecule has 1 aromatic carbocycles. The lowest BCUT2D eigenvalue weighted by molar-refractivity contribution is 0.281. The Morgan fingerprint density at radius 1 is 1.00 bits per heavy atom. The van der Waals surface area contributed by atoms with Crippen LogP contribution in [-0.2, 0) is 0 Å². The van der Waals surface area contributed by atoms with Gasteiger partial charge in [0.15, 0.2) is 0 Å². The predicted octanol–water partition coefficient (Wildman–Crippen LogP) is 3.63. The fourth-order valence-corrected chi connectivity index (χ4v) is 2.86. The van der Waals surface area contributed by atoms with Gasteiger partial charge in [-0.3, -0.25) is 0 Å². The minimum Gasteiger partial charge on any atom is -0.508 e. The van der Waals surface area contributed by atoms with Crippen LogP contribution in [-0.4, -0.2) is 11.1 Å². The Morgan fingerprint density at radius 2 is 1.56 bits per heavy atom. The van der Waals surface area contributed by atoms with Crippen molar-refractivity contribution in [1.29, 1.82) is 0 Å². The zero-order chi connectivity index (χ0) is 11.5. The molecule has 0 amide bonds. The van der Waals surface area contributed by atoms with Gasteiger partial charge < -0.3 is 10.4 Å². The molecule has 2 atom stereocenters. The summed E-state index contributed by atoms with van der Waals surface area (Å²) in [5.74, 6) is 1.97. The third-order valence-electron chi connectivity index (χ3n) is 3.42. The second kappa shape index (κ2) is 4.77. The summed E-state index contributed by atoms with van der Waals surface area (Å²) < 4.78 is 0. The van der Waals surface area contributed by atoms with Gasteiger partial charge in [0.1, 0.15) is 5.75 Å². The summed E-state index contributed by atoms with van der Waals surface area (Å²) in [6, 6.07) is 7.94. The van der Waals surface area contributed by atoms with Gasteiger partial charge in [0.25, 0.3) is 0 Å². The van der Waals surface area contributed by atoms with Crippen molar-refractivity contribution < 1.29 is 5.11 Å². The normalized spacial score (nSPS) is 30.0. The summed E-state index contributed by atoms with van der Waals surface area (Å²) in [7, 11) is 0. The number of phenolic OH excluding ortho intramolecular Hbond substituents is 1. The first kappa shape index (κ1) is 11.3. The van der Waals surface area contributed by atoms with Crippen molar-refractivity contribution in [2.45, 2.75) is 39.2 Å². The third-order valence-corrected chi connectivity index (χ3v) is 3.42. The molecule has 2 heteroatoms. The van der Waals surface area contributed by atoms with Crippen LogP contribution in [0.5, 0.6) is 5.75 Å². The van der Waals surface area contributed by atoms with Crippen molar-refractivity contribution in [3.05, 3.63) is 24.3 Å². The molecule has 0 bridgehead atoms. The molecule has 0 heterocycles. The molecule has 0 spiro atoms. The zero-order valence-corrected chi connectivity index (χ0v) is 10.1. The fourth-order valence-electron chi connectivity index (χ4n) is 2.86. The number of benzene rings is 1. The van der Waals surface area contributed by atoms with Crippen LogP contribution >= 0.6 is 0 Å². The summed E-state index contributed by atoms with van der Waals surface area (Å²) in [5.41, 5.74) is 1.11. The number of hydrogen-bond acceptors (Lipinski definition) is 2. The van der Waals surface area contributed by atoms with E-state index in [2.05, 4.69) is 19.2 Å². The lowest BCUT2D eigenvalue weighted by atomic mass is 9.80. The molecule has 0 saturated heterocycles. The smallest absolute Gasteiger partial charge is 0.115 e. The van der Waals surface area contributed by atoms with Crippen molar-refractivity contribution in [1.82, 2.24) is 0 Å². The number of hydrogen-bond donors (Lipinski definition) is 2. The van der Waals surface area contributed by atoms with Gasteiger partial charge in [-0.15, -0.1) is 0 Å². The van der Waals surface area contributed by atoms with Crippen molar-refractivity contribution in [3.8, 4) is 5.75 Å². The highest BCUT2D eigenvalue weighted by Crippen LogP contribution is 2.30. The van der Waals surface area contributed by atoms with E-state index in [1.165, 1.54) is 19.3 Å². The van der Waals surface area contributed by atoms with Gasteiger partial charge in [-0.2, -0.15) is 0 Å². The van der Waals surface area contributed by atoms with E-state index in [1.807, 2.05) is 12.1 Å². The maximum atomic E-state index is 9.22. The van der Waals surface area contributed by atoms with E-state index in [0.29, 0.717) is 11.8 Å². The lowest BCUT2D eigenvalue weighted by Gasteiger charge is -2.32. The SMILES string of the molecule is CC1CC(C)CC(Nc2ccc(O)cc2)C1. The summed E-state index contributed by atoms with van der Waals surface area (Å²) in [6.07, 6.45) is 3.87. The van der Waals surface area contributed by atoms with Crippen molar-refractivity contribution >= 4 is 5.69 Å². The lowest BCUT2D eigenvalue weighted by Crippen LogP contribution is -2.30. The van der Waals surface area contributed by atoms with Crippen molar-refractivity contribution in [2.24, 2.45) is 11.8 Å². The van der Waals surface area contributed by atoms with E-state index >= 15 is 0 Å². The van der Waals surface area contributed by atoms with Crippen LogP contribution in [0.25, 0.3) is 0 Å². The molecular formula is C14H21NO. The van der Waals surface area contributed by atoms with E-state index in [0.717, 1.165) is 17.5 Å². The molecule has 1 fully saturated rings. The summed E-state index contributed by atoms with van der Waals surface area (Å²) >= 11 is 0. The first-order valence-corrected chi connectivity index (χ1v) is 6.19. The summed E-state index contributed by atoms with van der Waals surface area (Å²) in [4.78, 5) is 0. The number of nitrogens with one attached hydrogen (secondary N) is 1. The molecular weight excluding hydrogens is 198 g/mol. The molecule has 0 aromatic heterocycles. The maximum absolute atomic E-state index is 9.22. The average molecular weight is 219 g/mol. The van der Waals surface area contributed by atoms with Crippen LogP contribution in [0.3, 0.4) is 0 Å². The Labute approximate surface area is 97.7 Å². The topological polar surface area (TPSA) is 32.3 Å². The van der Waals surface area contributed by atoms with Gasteiger partial charge >= 0.3 is 0 Å². The molecule has 1 saturated carbocycles. The van der Waals surface area contributed by atoms with E-state index < -0.39 is 0 Å². The van der Waals surface area contributed by atoms with E-state index in [4.69, 9.17) is 0 Å². The second-order valence-electron chi connectivity index (χ2n) is 5.31. The molecule has 16 heavy (non-hydrogen) atoms. The number of aromatic hydroxyl groups is 1. The quantitative estimate of drug-likeness (QED) is 0.744. The van der Waals surface area contributed by atoms with Crippen LogP contribution in [0.15, 0.2) is 24.3 Å². The minimum absolute atomic E-state index is 0.330. The molecule has 2 rings (SSSR count). The van der Waals surface area contributed by atoms with Gasteiger partial charge in [-0.25, -0.2) is 0 Å². The molecule has 0 radical (unpaired) electrons. The number of anilines is 1. The number of rotatable bonds is 2. The molecule has 2 unspecified atom stereocenters. The van der Waals surface area contributed by atoms with Crippen LogP contribution in [0.1, 0.15) is 33.1 Å². The molecule has 88 valence electrons. The molecule has 0 aliphatic heterocycles. The first-order valence-electron chi connectivity index (χ1n) is 6.19. The molecule has 1 aliphatic rings. The Bertz CT molecular complexity index is 323. The van der Waals surface area contributed by atoms with E-state index in [9.17, 15) is 5.11 Å². The fraction of sp³-hybridized carbons (Fsp3) is 0.571. The Morgan fingerprint density at radius 3 is 2.12 bits per heavy atom. The average Bonchev–Trinajstić information content (AvgIpc) is 2.20. The van der Waals surface area contributed by atoms with Crippen molar-refractivity contribution in [2.75, 3.05) is 5.32 Å². The largest absolute Gasteiger partial charge is 0.508 e. The highest BCUT2D eigenvalue weighted by atomic mass is 16.3. The van der Waals surface area contributed by atoms with Crippen LogP contribution < -0.4 is 5.32 Å². The van der Waals surface area contributed by atoms with E-state index in [1.54, 1.807) is 12.1 Å². The molecule has 2 nitrogen and oxygen atoms in total. The van der Waals surface area contributed by atoms with Gasteiger partial charge in [-0.05, 0) is 55.4 Å². The highest BCUT2D eigenvalue weighted by Gasteiger charge is 2.23. The highest BCUT2D eigenvalue weighted by molar-refractivity contribution is 5.46. The van der Waals surface area contributed by atoms with Crippen LogP contribution in [0.2, 0.25) is 0 Å². The maximum Gasteiger partial charge on any atom is 0.115 e. The minimum atomic E-state index is 0.330. The van der Waals surface area contributed by atoms with Gasteiger partial charge in [0.05, 0.1) is 0 Å². The molecule has 1 aliphatic carbocycles. The Kier molecular flexibility index (Phi) is 3.37. The molecule has 2 N–H and O–H groups in total. The van der Waals surface area contributed by atoms with Crippen molar-refractivity contribution in [3.63, 3.8) is 0 Å². The first-order chi connectivity index (χ1) is 7.63. The Hall–Kier alpha value is -1.18. The summed E-state index contributed by atoms with van der Waals surface area (Å²) in [6.45, 7) is 4.67. The van der Waals surface area contributed by atoms with Crippen LogP contribution in [0.4, 0.5) is 5.69 Å². The predicted molar refractivity (Wildman–Crippen MR) is 67.7 cm³/mol. The number of phenols is 1. The van der Waals surface area contributed by atoms with Crippen LogP contribution in [0, 0.1) is 11.8 Å². The monoisotopic (exact) mass is 219 g/mol. The molecule has 1 aromatic rings. The van der Waals surface area contributed by atoms with Gasteiger partial charge in [0.2, 0.25) is 0 Å². The summed E-state index contributed by atoms with van der Waals surface area (Å²) in [5, 5.41) is 12.8. The Balaban J connectivity index is 1.96.